The van der Waals surface area contributed by atoms with Crippen LogP contribution in [0, 0.1) is 0 Å². The molecule has 10 heteroatoms. The standard InChI is InChI=1S/C16H13ClN4O4S/c1-21-16(23)13-5-3-2-4-12(13)14(19-21)15(22)18-20-26(24,25)11-8-6-10(17)7-9-11/h2-9,20H,1H3,(H,18,22). The Labute approximate surface area is 153 Å². The molecule has 0 radical (unpaired) electrons. The molecule has 8 nitrogen and oxygen atoms in total. The van der Waals surface area contributed by atoms with E-state index in [0.29, 0.717) is 15.8 Å². The van der Waals surface area contributed by atoms with Crippen LogP contribution in [0.2, 0.25) is 5.02 Å². The van der Waals surface area contributed by atoms with Crippen LogP contribution in [-0.4, -0.2) is 24.1 Å². The van der Waals surface area contributed by atoms with Gasteiger partial charge in [-0.25, -0.2) is 13.1 Å². The monoisotopic (exact) mass is 392 g/mol. The quantitative estimate of drug-likeness (QED) is 0.648. The predicted molar refractivity (Wildman–Crippen MR) is 96.2 cm³/mol. The van der Waals surface area contributed by atoms with E-state index < -0.39 is 15.9 Å². The number of halogens is 1. The number of fused-ring (bicyclic) bond motifs is 1. The van der Waals surface area contributed by atoms with Crippen LogP contribution in [0.3, 0.4) is 0 Å². The minimum atomic E-state index is -3.99. The maximum absolute atomic E-state index is 12.4. The van der Waals surface area contributed by atoms with E-state index in [1.807, 2.05) is 4.83 Å². The summed E-state index contributed by atoms with van der Waals surface area (Å²) >= 11 is 5.73. The number of hydrogen-bond acceptors (Lipinski definition) is 5. The number of hydrazine groups is 1. The normalized spacial score (nSPS) is 11.5. The van der Waals surface area contributed by atoms with Crippen LogP contribution in [-0.2, 0) is 17.1 Å². The number of amides is 1. The van der Waals surface area contributed by atoms with E-state index >= 15 is 0 Å². The molecule has 0 aliphatic heterocycles. The highest BCUT2D eigenvalue weighted by Gasteiger charge is 2.19. The van der Waals surface area contributed by atoms with E-state index in [0.717, 1.165) is 4.68 Å². The summed E-state index contributed by atoms with van der Waals surface area (Å²) in [6.45, 7) is 0. The fourth-order valence-electron chi connectivity index (χ4n) is 2.31. The first kappa shape index (κ1) is 18.1. The molecule has 3 rings (SSSR count). The lowest BCUT2D eigenvalue weighted by Crippen LogP contribution is -2.42. The van der Waals surface area contributed by atoms with E-state index in [4.69, 9.17) is 11.6 Å². The van der Waals surface area contributed by atoms with Gasteiger partial charge in [0.2, 0.25) is 0 Å². The number of aromatic nitrogens is 2. The smallest absolute Gasteiger partial charge is 0.272 e. The van der Waals surface area contributed by atoms with Gasteiger partial charge >= 0.3 is 0 Å². The highest BCUT2D eigenvalue weighted by molar-refractivity contribution is 7.89. The summed E-state index contributed by atoms with van der Waals surface area (Å²) in [5.41, 5.74) is 1.66. The van der Waals surface area contributed by atoms with Gasteiger partial charge in [-0.2, -0.15) is 5.10 Å². The van der Waals surface area contributed by atoms with Crippen molar-refractivity contribution in [1.29, 1.82) is 0 Å². The van der Waals surface area contributed by atoms with Crippen LogP contribution in [0.5, 0.6) is 0 Å². The van der Waals surface area contributed by atoms with Crippen LogP contribution < -0.4 is 15.8 Å². The number of benzene rings is 2. The molecule has 134 valence electrons. The first-order chi connectivity index (χ1) is 12.3. The largest absolute Gasteiger partial charge is 0.287 e. The number of carbonyl (C=O) groups is 1. The van der Waals surface area contributed by atoms with Gasteiger partial charge in [0.1, 0.15) is 0 Å². The molecule has 3 aromatic rings. The first-order valence-electron chi connectivity index (χ1n) is 7.33. The molecule has 0 bridgehead atoms. The molecular weight excluding hydrogens is 380 g/mol. The molecule has 0 fully saturated rings. The summed E-state index contributed by atoms with van der Waals surface area (Å²) in [5, 5.41) is 4.93. The van der Waals surface area contributed by atoms with E-state index in [1.165, 1.54) is 31.3 Å². The van der Waals surface area contributed by atoms with Crippen LogP contribution >= 0.6 is 11.6 Å². The number of nitrogens with zero attached hydrogens (tertiary/aromatic N) is 2. The zero-order valence-electron chi connectivity index (χ0n) is 13.4. The molecule has 0 spiro atoms. The minimum Gasteiger partial charge on any atom is -0.272 e. The lowest BCUT2D eigenvalue weighted by molar-refractivity contribution is 0.0940. The second-order valence-corrected chi connectivity index (χ2v) is 7.46. The summed E-state index contributed by atoms with van der Waals surface area (Å²) in [6, 6.07) is 11.9. The lowest BCUT2D eigenvalue weighted by Gasteiger charge is -2.10. The zero-order chi connectivity index (χ0) is 18.9. The number of aryl methyl sites for hydroxylation is 1. The van der Waals surface area contributed by atoms with Gasteiger partial charge in [-0.3, -0.25) is 15.0 Å². The molecule has 0 unspecified atom stereocenters. The molecular formula is C16H13ClN4O4S. The fourth-order valence-corrected chi connectivity index (χ4v) is 3.28. The van der Waals surface area contributed by atoms with Gasteiger partial charge in [-0.15, -0.1) is 4.83 Å². The van der Waals surface area contributed by atoms with E-state index in [-0.39, 0.29) is 16.1 Å². The molecule has 0 aliphatic rings. The van der Waals surface area contributed by atoms with Gasteiger partial charge in [0, 0.05) is 17.5 Å². The Bertz CT molecular complexity index is 1160. The van der Waals surface area contributed by atoms with Crippen LogP contribution in [0.25, 0.3) is 10.8 Å². The molecule has 0 saturated heterocycles. The molecule has 1 aromatic heterocycles. The van der Waals surface area contributed by atoms with Crippen molar-refractivity contribution in [2.45, 2.75) is 4.90 Å². The molecule has 26 heavy (non-hydrogen) atoms. The maximum Gasteiger partial charge on any atom is 0.287 e. The zero-order valence-corrected chi connectivity index (χ0v) is 15.0. The number of nitrogens with one attached hydrogen (secondary N) is 2. The number of carbonyl (C=O) groups excluding carboxylic acids is 1. The van der Waals surface area contributed by atoms with Gasteiger partial charge in [0.25, 0.3) is 21.5 Å². The maximum atomic E-state index is 12.4. The molecule has 1 heterocycles. The average molecular weight is 393 g/mol. The van der Waals surface area contributed by atoms with E-state index in [2.05, 4.69) is 10.5 Å². The number of rotatable bonds is 4. The van der Waals surface area contributed by atoms with Gasteiger partial charge in [0.15, 0.2) is 5.69 Å². The Morgan fingerprint density at radius 3 is 2.35 bits per heavy atom. The Balaban J connectivity index is 1.89. The highest BCUT2D eigenvalue weighted by atomic mass is 35.5. The first-order valence-corrected chi connectivity index (χ1v) is 9.19. The van der Waals surface area contributed by atoms with Crippen LogP contribution in [0.1, 0.15) is 10.5 Å². The number of hydrogen-bond donors (Lipinski definition) is 2. The van der Waals surface area contributed by atoms with Crippen LogP contribution in [0.4, 0.5) is 0 Å². The van der Waals surface area contributed by atoms with Gasteiger partial charge in [0.05, 0.1) is 10.3 Å². The highest BCUT2D eigenvalue weighted by Crippen LogP contribution is 2.14. The van der Waals surface area contributed by atoms with Gasteiger partial charge in [-0.1, -0.05) is 29.8 Å². The van der Waals surface area contributed by atoms with Gasteiger partial charge < -0.3 is 0 Å². The topological polar surface area (TPSA) is 110 Å². The molecule has 2 N–H and O–H groups in total. The van der Waals surface area contributed by atoms with Crippen LogP contribution in [0.15, 0.2) is 58.2 Å². The molecule has 0 aliphatic carbocycles. The second-order valence-electron chi connectivity index (χ2n) is 5.34. The van der Waals surface area contributed by atoms with Crippen molar-refractivity contribution in [3.8, 4) is 0 Å². The van der Waals surface area contributed by atoms with Crippen molar-refractivity contribution in [1.82, 2.24) is 20.0 Å². The molecule has 0 atom stereocenters. The molecule has 2 aromatic carbocycles. The van der Waals surface area contributed by atoms with Crippen molar-refractivity contribution in [2.24, 2.45) is 7.05 Å². The predicted octanol–water partition coefficient (Wildman–Crippen LogP) is 1.21. The van der Waals surface area contributed by atoms with Crippen molar-refractivity contribution in [3.05, 3.63) is 69.6 Å². The molecule has 1 amide bonds. The Kier molecular flexibility index (Phi) is 4.77. The summed E-state index contributed by atoms with van der Waals surface area (Å²) in [7, 11) is -2.58. The van der Waals surface area contributed by atoms with E-state index in [1.54, 1.807) is 24.3 Å². The summed E-state index contributed by atoms with van der Waals surface area (Å²) < 4.78 is 25.5. The van der Waals surface area contributed by atoms with Crippen molar-refractivity contribution in [3.63, 3.8) is 0 Å². The molecule has 0 saturated carbocycles. The van der Waals surface area contributed by atoms with Crippen molar-refractivity contribution in [2.75, 3.05) is 0 Å². The Hall–Kier alpha value is -2.75. The SMILES string of the molecule is Cn1nc(C(=O)NNS(=O)(=O)c2ccc(Cl)cc2)c2ccccc2c1=O. The Morgan fingerprint density at radius 1 is 1.08 bits per heavy atom. The van der Waals surface area contributed by atoms with Gasteiger partial charge in [-0.05, 0) is 30.3 Å². The Morgan fingerprint density at radius 2 is 1.69 bits per heavy atom. The number of sulfonamides is 1. The third-order valence-corrected chi connectivity index (χ3v) is 5.11. The lowest BCUT2D eigenvalue weighted by atomic mass is 10.1. The average Bonchev–Trinajstić information content (AvgIpc) is 2.63. The summed E-state index contributed by atoms with van der Waals surface area (Å²) in [4.78, 5) is 26.4. The summed E-state index contributed by atoms with van der Waals surface area (Å²) in [5.74, 6) is -0.797. The second kappa shape index (κ2) is 6.87. The van der Waals surface area contributed by atoms with Crippen molar-refractivity contribution < 1.29 is 13.2 Å². The fraction of sp³-hybridized carbons (Fsp3) is 0.0625. The minimum absolute atomic E-state index is 0.0690. The summed E-state index contributed by atoms with van der Waals surface area (Å²) in [6.07, 6.45) is 0. The van der Waals surface area contributed by atoms with Crippen molar-refractivity contribution >= 4 is 38.3 Å². The third kappa shape index (κ3) is 3.45. The third-order valence-electron chi connectivity index (χ3n) is 3.59. The van der Waals surface area contributed by atoms with E-state index in [9.17, 15) is 18.0 Å².